The predicted molar refractivity (Wildman–Crippen MR) is 161 cm³/mol. The van der Waals surface area contributed by atoms with Crippen LogP contribution in [-0.4, -0.2) is 32.0 Å². The molecule has 4 N–H and O–H groups in total. The molecule has 8 unspecified atom stereocenters. The minimum Gasteiger partial charge on any atom is -0.392 e. The lowest BCUT2D eigenvalue weighted by atomic mass is 9.41. The maximum absolute atomic E-state index is 15.2. The Morgan fingerprint density at radius 1 is 0.386 bits per heavy atom. The molecule has 7 aliphatic rings. The van der Waals surface area contributed by atoms with E-state index < -0.39 is 23.7 Å². The lowest BCUT2D eigenvalue weighted by Crippen LogP contribution is -2.60. The predicted octanol–water partition coefficient (Wildman–Crippen LogP) is 4.15. The molecule has 8 atom stereocenters. The van der Waals surface area contributed by atoms with Gasteiger partial charge in [-0.05, 0) is 66.8 Å². The van der Waals surface area contributed by atoms with Crippen LogP contribution in [0.15, 0.2) is 72.8 Å². The van der Waals surface area contributed by atoms with E-state index >= 15 is 9.59 Å². The molecule has 0 amide bonds. The topological polar surface area (TPSA) is 115 Å². The van der Waals surface area contributed by atoms with Gasteiger partial charge in [0.25, 0.3) is 0 Å². The fraction of sp³-hybridized carbons (Fsp3) is 0.316. The highest BCUT2D eigenvalue weighted by Crippen LogP contribution is 2.68. The minimum atomic E-state index is -0.522. The maximum atomic E-state index is 15.2. The number of benzene rings is 4. The van der Waals surface area contributed by atoms with Crippen molar-refractivity contribution in [2.45, 2.75) is 50.1 Å². The van der Waals surface area contributed by atoms with Crippen LogP contribution in [-0.2, 0) is 36.0 Å². The third-order valence-corrected chi connectivity index (χ3v) is 11.7. The van der Waals surface area contributed by atoms with Crippen molar-refractivity contribution in [3.05, 3.63) is 140 Å². The first-order chi connectivity index (χ1) is 21.5. The second kappa shape index (κ2) is 9.29. The second-order valence-corrected chi connectivity index (χ2v) is 13.2. The summed E-state index contributed by atoms with van der Waals surface area (Å²) in [6.45, 7) is -0.856. The van der Waals surface area contributed by atoms with Crippen LogP contribution in [0.5, 0.6) is 0 Å². The molecule has 11 rings (SSSR count). The first-order valence-corrected chi connectivity index (χ1v) is 15.5. The van der Waals surface area contributed by atoms with Gasteiger partial charge in [-0.25, -0.2) is 0 Å². The van der Waals surface area contributed by atoms with Gasteiger partial charge in [0.15, 0.2) is 0 Å². The summed E-state index contributed by atoms with van der Waals surface area (Å²) in [5, 5.41) is 40.7. The molecule has 0 heterocycles. The quantitative estimate of drug-likeness (QED) is 0.287. The van der Waals surface area contributed by atoms with Crippen molar-refractivity contribution in [3.8, 4) is 0 Å². The molecule has 0 aliphatic heterocycles. The van der Waals surface area contributed by atoms with Gasteiger partial charge >= 0.3 is 0 Å². The standard InChI is InChI=1S/C38H32O6/c39-13-17-9-25-26(10-18(17)14-40)30-22-6-2-1-5-21(22)29(25)33-34(30)38(44)36-32-24-8-4-3-7-23(24)31(35(36)37(33)43)27-11-19(15-41)20(16-42)12-28(27)32/h1-12,29-36,39-42H,13-16H2. The van der Waals surface area contributed by atoms with Gasteiger partial charge in [0.05, 0.1) is 26.4 Å². The van der Waals surface area contributed by atoms with E-state index in [1.165, 1.54) is 0 Å². The van der Waals surface area contributed by atoms with Crippen LogP contribution >= 0.6 is 0 Å². The largest absolute Gasteiger partial charge is 0.392 e. The van der Waals surface area contributed by atoms with Crippen molar-refractivity contribution >= 4 is 11.6 Å². The summed E-state index contributed by atoms with van der Waals surface area (Å²) in [5.74, 6) is -3.09. The van der Waals surface area contributed by atoms with Crippen molar-refractivity contribution in [2.24, 2.45) is 23.7 Å². The zero-order valence-electron chi connectivity index (χ0n) is 24.0. The highest BCUT2D eigenvalue weighted by Gasteiger charge is 2.66. The molecule has 7 aliphatic carbocycles. The average molecular weight is 585 g/mol. The van der Waals surface area contributed by atoms with Crippen LogP contribution in [0.25, 0.3) is 0 Å². The summed E-state index contributed by atoms with van der Waals surface area (Å²) in [7, 11) is 0. The van der Waals surface area contributed by atoms with Crippen LogP contribution in [0.4, 0.5) is 0 Å². The van der Waals surface area contributed by atoms with E-state index in [9.17, 15) is 20.4 Å². The van der Waals surface area contributed by atoms with Gasteiger partial charge in [-0.1, -0.05) is 72.8 Å². The zero-order valence-corrected chi connectivity index (χ0v) is 24.0. The molecule has 1 fully saturated rings. The van der Waals surface area contributed by atoms with Gasteiger partial charge in [0, 0.05) is 47.3 Å². The summed E-state index contributed by atoms with van der Waals surface area (Å²) in [6, 6.07) is 24.1. The van der Waals surface area contributed by atoms with Crippen LogP contribution in [0.1, 0.15) is 90.4 Å². The summed E-state index contributed by atoms with van der Waals surface area (Å²) in [4.78, 5) is 30.4. The Balaban J connectivity index is 1.29. The number of carbonyl (C=O) groups is 2. The van der Waals surface area contributed by atoms with E-state index in [4.69, 9.17) is 0 Å². The number of aliphatic hydroxyl groups excluding tert-OH is 4. The number of ketones is 2. The number of hydrogen-bond acceptors (Lipinski definition) is 6. The second-order valence-electron chi connectivity index (χ2n) is 13.2. The van der Waals surface area contributed by atoms with E-state index in [-0.39, 0.29) is 61.7 Å². The molecule has 4 bridgehead atoms. The Kier molecular flexibility index (Phi) is 5.58. The number of hydrogen-bond donors (Lipinski definition) is 4. The average Bonchev–Trinajstić information content (AvgIpc) is 3.08. The van der Waals surface area contributed by atoms with E-state index in [1.807, 2.05) is 48.5 Å². The van der Waals surface area contributed by atoms with Gasteiger partial charge in [0.2, 0.25) is 0 Å². The molecule has 6 heteroatoms. The minimum absolute atomic E-state index is 0.124. The lowest BCUT2D eigenvalue weighted by Gasteiger charge is -2.59. The summed E-state index contributed by atoms with van der Waals surface area (Å²) >= 11 is 0. The molecular weight excluding hydrogens is 552 g/mol. The van der Waals surface area contributed by atoms with Crippen LogP contribution in [0.3, 0.4) is 0 Å². The van der Waals surface area contributed by atoms with Crippen molar-refractivity contribution in [3.63, 3.8) is 0 Å². The Labute approximate surface area is 254 Å². The highest BCUT2D eigenvalue weighted by molar-refractivity contribution is 6.05. The molecule has 0 radical (unpaired) electrons. The SMILES string of the molecule is O=C1C2C3c4ccccc4C(c4cc(CO)c(CO)cc43)C2C(=O)C2C3c4ccccc4C(c4cc(CO)c(CO)cc43)C12. The summed E-state index contributed by atoms with van der Waals surface area (Å²) < 4.78 is 0. The van der Waals surface area contributed by atoms with E-state index in [0.29, 0.717) is 22.3 Å². The third kappa shape index (κ3) is 3.09. The molecule has 44 heavy (non-hydrogen) atoms. The molecule has 4 aromatic rings. The molecule has 4 aromatic carbocycles. The lowest BCUT2D eigenvalue weighted by molar-refractivity contribution is -0.152. The van der Waals surface area contributed by atoms with E-state index in [0.717, 1.165) is 44.5 Å². The molecule has 6 nitrogen and oxygen atoms in total. The monoisotopic (exact) mass is 584 g/mol. The van der Waals surface area contributed by atoms with Gasteiger partial charge < -0.3 is 20.4 Å². The van der Waals surface area contributed by atoms with E-state index in [2.05, 4.69) is 24.3 Å². The van der Waals surface area contributed by atoms with Crippen molar-refractivity contribution in [1.29, 1.82) is 0 Å². The zero-order chi connectivity index (χ0) is 30.0. The highest BCUT2D eigenvalue weighted by atomic mass is 16.3. The van der Waals surface area contributed by atoms with E-state index in [1.54, 1.807) is 0 Å². The Morgan fingerprint density at radius 2 is 0.614 bits per heavy atom. The third-order valence-electron chi connectivity index (χ3n) is 11.7. The van der Waals surface area contributed by atoms with Crippen molar-refractivity contribution < 1.29 is 30.0 Å². The fourth-order valence-electron chi connectivity index (χ4n) is 10.1. The van der Waals surface area contributed by atoms with Gasteiger partial charge in [0.1, 0.15) is 11.6 Å². The van der Waals surface area contributed by atoms with Crippen molar-refractivity contribution in [2.75, 3.05) is 0 Å². The molecule has 220 valence electrons. The van der Waals surface area contributed by atoms with Crippen molar-refractivity contribution in [1.82, 2.24) is 0 Å². The first kappa shape index (κ1) is 26.5. The molecule has 0 saturated heterocycles. The number of rotatable bonds is 4. The molecular formula is C38H32O6. The van der Waals surface area contributed by atoms with Gasteiger partial charge in [-0.15, -0.1) is 0 Å². The summed E-state index contributed by atoms with van der Waals surface area (Å²) in [5.41, 5.74) is 10.8. The Morgan fingerprint density at radius 3 is 0.818 bits per heavy atom. The molecule has 1 saturated carbocycles. The first-order valence-electron chi connectivity index (χ1n) is 15.5. The van der Waals surface area contributed by atoms with Crippen LogP contribution in [0.2, 0.25) is 0 Å². The van der Waals surface area contributed by atoms with Crippen LogP contribution < -0.4 is 0 Å². The molecule has 0 spiro atoms. The summed E-state index contributed by atoms with van der Waals surface area (Å²) in [6.07, 6.45) is 0. The number of Topliss-reactive ketones (excluding diaryl/α,β-unsaturated/α-hetero) is 2. The van der Waals surface area contributed by atoms with Gasteiger partial charge in [-0.2, -0.15) is 0 Å². The molecule has 0 aromatic heterocycles. The smallest absolute Gasteiger partial charge is 0.142 e. The number of carbonyl (C=O) groups excluding carboxylic acids is 2. The van der Waals surface area contributed by atoms with Crippen LogP contribution in [0, 0.1) is 23.7 Å². The van der Waals surface area contributed by atoms with Gasteiger partial charge in [-0.3, -0.25) is 9.59 Å². The Hall–Kier alpha value is -3.94. The Bertz CT molecular complexity index is 1650. The number of aliphatic hydroxyl groups is 4. The normalized spacial score (nSPS) is 29.8. The fourth-order valence-corrected chi connectivity index (χ4v) is 10.1. The maximum Gasteiger partial charge on any atom is 0.142 e.